The monoisotopic (exact) mass is 354 g/mol. The molecule has 0 amide bonds. The molecule has 26 heavy (non-hydrogen) atoms. The number of unbranched alkanes of at least 4 members (excludes halogenated alkanes) is 1. The Labute approximate surface area is 159 Å². The van der Waals surface area contributed by atoms with Crippen molar-refractivity contribution in [1.82, 2.24) is 9.88 Å². The van der Waals surface area contributed by atoms with Crippen LogP contribution >= 0.6 is 0 Å². The van der Waals surface area contributed by atoms with E-state index in [-0.39, 0.29) is 0 Å². The Hall–Kier alpha value is -1.61. The number of hydrogen-bond acceptors (Lipinski definition) is 3. The largest absolute Gasteiger partial charge is 0.478 e. The van der Waals surface area contributed by atoms with Gasteiger partial charge in [-0.3, -0.25) is 0 Å². The van der Waals surface area contributed by atoms with Gasteiger partial charge in [0, 0.05) is 18.2 Å². The van der Waals surface area contributed by atoms with Crippen LogP contribution in [0.2, 0.25) is 0 Å². The van der Waals surface area contributed by atoms with Crippen LogP contribution in [0, 0.1) is 5.92 Å². The van der Waals surface area contributed by atoms with E-state index >= 15 is 0 Å². The van der Waals surface area contributed by atoms with Crippen molar-refractivity contribution in [2.75, 3.05) is 26.7 Å². The van der Waals surface area contributed by atoms with Gasteiger partial charge in [0.25, 0.3) is 0 Å². The van der Waals surface area contributed by atoms with Crippen molar-refractivity contribution in [3.8, 4) is 5.88 Å². The Morgan fingerprint density at radius 2 is 1.96 bits per heavy atom. The van der Waals surface area contributed by atoms with Crippen LogP contribution in [0.1, 0.15) is 63.9 Å². The predicted octanol–water partition coefficient (Wildman–Crippen LogP) is 5.35. The van der Waals surface area contributed by atoms with Crippen molar-refractivity contribution >= 4 is 0 Å². The van der Waals surface area contributed by atoms with Crippen molar-refractivity contribution in [2.45, 2.75) is 58.3 Å². The molecule has 0 saturated carbocycles. The van der Waals surface area contributed by atoms with E-state index in [1.54, 1.807) is 0 Å². The number of pyridine rings is 1. The second-order valence-corrected chi connectivity index (χ2v) is 8.10. The number of hydrogen-bond donors (Lipinski definition) is 0. The fourth-order valence-corrected chi connectivity index (χ4v) is 4.00. The van der Waals surface area contributed by atoms with Gasteiger partial charge in [-0.1, -0.05) is 29.7 Å². The number of ether oxygens (including phenoxy) is 1. The minimum absolute atomic E-state index is 0.452. The highest BCUT2D eigenvalue weighted by Gasteiger charge is 2.16. The van der Waals surface area contributed by atoms with Crippen LogP contribution < -0.4 is 4.74 Å². The van der Waals surface area contributed by atoms with Gasteiger partial charge in [-0.15, -0.1) is 0 Å². The molecule has 1 saturated heterocycles. The minimum atomic E-state index is 0.452. The zero-order chi connectivity index (χ0) is 18.4. The maximum Gasteiger partial charge on any atom is 0.213 e. The summed E-state index contributed by atoms with van der Waals surface area (Å²) in [5, 5.41) is 0. The lowest BCUT2D eigenvalue weighted by Crippen LogP contribution is -2.30. The zero-order valence-electron chi connectivity index (χ0n) is 16.7. The van der Waals surface area contributed by atoms with Crippen LogP contribution in [0.3, 0.4) is 0 Å². The van der Waals surface area contributed by atoms with Gasteiger partial charge >= 0.3 is 0 Å². The highest BCUT2D eigenvalue weighted by Crippen LogP contribution is 2.31. The lowest BCUT2D eigenvalue weighted by Gasteiger charge is -2.28. The molecule has 1 unspecified atom stereocenters. The summed E-state index contributed by atoms with van der Waals surface area (Å²) in [5.41, 5.74) is 4.09. The van der Waals surface area contributed by atoms with Crippen LogP contribution in [0.5, 0.6) is 5.88 Å². The molecule has 3 heteroatoms. The van der Waals surface area contributed by atoms with Gasteiger partial charge in [0.15, 0.2) is 0 Å². The van der Waals surface area contributed by atoms with E-state index in [0.29, 0.717) is 5.92 Å². The van der Waals surface area contributed by atoms with Crippen LogP contribution in [-0.2, 0) is 0 Å². The third-order valence-corrected chi connectivity index (χ3v) is 6.03. The Morgan fingerprint density at radius 1 is 1.15 bits per heavy atom. The molecule has 0 aromatic carbocycles. The van der Waals surface area contributed by atoms with Crippen LogP contribution in [0.4, 0.5) is 0 Å². The molecule has 1 aliphatic carbocycles. The summed E-state index contributed by atoms with van der Waals surface area (Å²) < 4.78 is 5.94. The molecular formula is C23H34N2O. The Bertz CT molecular complexity index is 641. The summed E-state index contributed by atoms with van der Waals surface area (Å²) in [4.78, 5) is 6.84. The molecule has 0 N–H and O–H groups in total. The molecule has 1 fully saturated rings. The number of aromatic nitrogens is 1. The molecule has 0 bridgehead atoms. The molecule has 1 aromatic heterocycles. The molecule has 3 nitrogen and oxygen atoms in total. The number of rotatable bonds is 7. The van der Waals surface area contributed by atoms with E-state index in [2.05, 4.69) is 55.1 Å². The number of nitrogens with zero attached hydrogens (tertiary/aromatic N) is 2. The number of allylic oxidation sites excluding steroid dienone is 4. The second-order valence-electron chi connectivity index (χ2n) is 8.10. The average molecular weight is 355 g/mol. The third-order valence-electron chi connectivity index (χ3n) is 6.03. The molecular weight excluding hydrogens is 320 g/mol. The van der Waals surface area contributed by atoms with E-state index in [4.69, 9.17) is 4.74 Å². The smallest absolute Gasteiger partial charge is 0.213 e. The second kappa shape index (κ2) is 9.36. The van der Waals surface area contributed by atoms with E-state index in [1.807, 2.05) is 6.20 Å². The fraction of sp³-hybridized carbons (Fsp3) is 0.609. The van der Waals surface area contributed by atoms with Crippen molar-refractivity contribution in [3.05, 3.63) is 47.2 Å². The van der Waals surface area contributed by atoms with Crippen molar-refractivity contribution in [3.63, 3.8) is 0 Å². The predicted molar refractivity (Wildman–Crippen MR) is 109 cm³/mol. The summed E-state index contributed by atoms with van der Waals surface area (Å²) in [5.74, 6) is 2.15. The van der Waals surface area contributed by atoms with Crippen molar-refractivity contribution in [1.29, 1.82) is 0 Å². The number of likely N-dealkylation sites (tertiary alicyclic amines) is 1. The molecule has 1 atom stereocenters. The normalized spacial score (nSPS) is 22.0. The molecule has 0 radical (unpaired) electrons. The Kier molecular flexibility index (Phi) is 6.90. The number of piperidine rings is 1. The summed E-state index contributed by atoms with van der Waals surface area (Å²) >= 11 is 0. The molecule has 0 spiro atoms. The quantitative estimate of drug-likeness (QED) is 0.617. The van der Waals surface area contributed by atoms with Crippen LogP contribution in [0.25, 0.3) is 0 Å². The van der Waals surface area contributed by atoms with E-state index in [0.717, 1.165) is 31.2 Å². The molecule has 3 rings (SSSR count). The van der Waals surface area contributed by atoms with E-state index in [9.17, 15) is 0 Å². The molecule has 142 valence electrons. The summed E-state index contributed by atoms with van der Waals surface area (Å²) in [6.45, 7) is 7.70. The first kappa shape index (κ1) is 19.2. The molecule has 2 aliphatic rings. The Balaban J connectivity index is 1.40. The lowest BCUT2D eigenvalue weighted by atomic mass is 9.87. The van der Waals surface area contributed by atoms with Crippen molar-refractivity contribution in [2.24, 2.45) is 5.92 Å². The van der Waals surface area contributed by atoms with Crippen molar-refractivity contribution < 1.29 is 4.74 Å². The highest BCUT2D eigenvalue weighted by molar-refractivity contribution is 5.38. The lowest BCUT2D eigenvalue weighted by molar-refractivity contribution is 0.205. The van der Waals surface area contributed by atoms with Gasteiger partial charge < -0.3 is 9.64 Å². The summed E-state index contributed by atoms with van der Waals surface area (Å²) in [7, 11) is 2.23. The average Bonchev–Trinajstić information content (AvgIpc) is 2.65. The fourth-order valence-electron chi connectivity index (χ4n) is 4.00. The van der Waals surface area contributed by atoms with Crippen LogP contribution in [0.15, 0.2) is 41.6 Å². The maximum absolute atomic E-state index is 5.94. The zero-order valence-corrected chi connectivity index (χ0v) is 16.7. The maximum atomic E-state index is 5.94. The SMILES string of the molecule is CC1=CCC(c2ccnc(OCCCCC3CCN(C)CC3)c2)C=C1C. The summed E-state index contributed by atoms with van der Waals surface area (Å²) in [6, 6.07) is 4.25. The standard InChI is InChI=1S/C23H34N2O/c1-18-7-8-21(16-19(18)2)22-9-12-24-23(17-22)26-15-5-4-6-20-10-13-25(3)14-11-20/h7,9,12,16-17,20-21H,4-6,8,10-11,13-15H2,1-3H3. The first-order chi connectivity index (χ1) is 12.6. The minimum Gasteiger partial charge on any atom is -0.478 e. The van der Waals surface area contributed by atoms with Gasteiger partial charge in [-0.05, 0) is 83.6 Å². The van der Waals surface area contributed by atoms with E-state index in [1.165, 1.54) is 55.5 Å². The topological polar surface area (TPSA) is 25.4 Å². The molecule has 2 heterocycles. The highest BCUT2D eigenvalue weighted by atomic mass is 16.5. The van der Waals surface area contributed by atoms with Crippen LogP contribution in [-0.4, -0.2) is 36.6 Å². The van der Waals surface area contributed by atoms with E-state index < -0.39 is 0 Å². The molecule has 1 aromatic rings. The first-order valence-corrected chi connectivity index (χ1v) is 10.2. The van der Waals surface area contributed by atoms with Gasteiger partial charge in [-0.2, -0.15) is 0 Å². The first-order valence-electron chi connectivity index (χ1n) is 10.2. The van der Waals surface area contributed by atoms with Gasteiger partial charge in [0.1, 0.15) is 0 Å². The van der Waals surface area contributed by atoms with Gasteiger partial charge in [-0.25, -0.2) is 4.98 Å². The van der Waals surface area contributed by atoms with Gasteiger partial charge in [0.2, 0.25) is 5.88 Å². The summed E-state index contributed by atoms with van der Waals surface area (Å²) in [6.07, 6.45) is 14.1. The van der Waals surface area contributed by atoms with Gasteiger partial charge in [0.05, 0.1) is 6.61 Å². The third kappa shape index (κ3) is 5.44. The Morgan fingerprint density at radius 3 is 2.73 bits per heavy atom. The molecule has 1 aliphatic heterocycles.